The van der Waals surface area contributed by atoms with Crippen LogP contribution in [0.5, 0.6) is 0 Å². The van der Waals surface area contributed by atoms with E-state index in [2.05, 4.69) is 11.9 Å². The third kappa shape index (κ3) is 5.30. The van der Waals surface area contributed by atoms with E-state index in [1.54, 1.807) is 11.8 Å². The molecule has 0 heterocycles. The third-order valence-electron chi connectivity index (χ3n) is 1.41. The molecule has 1 amide bonds. The van der Waals surface area contributed by atoms with Crippen molar-refractivity contribution in [3.63, 3.8) is 0 Å². The Morgan fingerprint density at radius 1 is 1.69 bits per heavy atom. The van der Waals surface area contributed by atoms with Gasteiger partial charge in [-0.25, -0.2) is 4.79 Å². The van der Waals surface area contributed by atoms with E-state index >= 15 is 0 Å². The van der Waals surface area contributed by atoms with Gasteiger partial charge in [-0.1, -0.05) is 6.58 Å². The number of carboxylic acids is 1. The van der Waals surface area contributed by atoms with Crippen molar-refractivity contribution < 1.29 is 14.7 Å². The van der Waals surface area contributed by atoms with Gasteiger partial charge < -0.3 is 10.4 Å². The first-order valence-electron chi connectivity index (χ1n) is 3.76. The highest BCUT2D eigenvalue weighted by Crippen LogP contribution is 2.00. The zero-order chi connectivity index (χ0) is 10.3. The van der Waals surface area contributed by atoms with Crippen LogP contribution in [0.4, 0.5) is 0 Å². The summed E-state index contributed by atoms with van der Waals surface area (Å²) in [5.74, 6) is -0.758. The maximum absolute atomic E-state index is 10.8. The monoisotopic (exact) mass is 203 g/mol. The molecule has 0 aliphatic rings. The van der Waals surface area contributed by atoms with E-state index in [4.69, 9.17) is 5.11 Å². The predicted octanol–water partition coefficient (Wildman–Crippen LogP) is 0.495. The molecule has 0 rings (SSSR count). The van der Waals surface area contributed by atoms with Gasteiger partial charge in [0.15, 0.2) is 0 Å². The minimum Gasteiger partial charge on any atom is -0.480 e. The number of carboxylic acid groups (broad SMARTS) is 1. The van der Waals surface area contributed by atoms with Crippen LogP contribution in [0.2, 0.25) is 0 Å². The highest BCUT2D eigenvalue weighted by atomic mass is 32.2. The second-order valence-corrected chi connectivity index (χ2v) is 3.37. The van der Waals surface area contributed by atoms with E-state index in [1.165, 1.54) is 0 Å². The molecule has 2 N–H and O–H groups in total. The molecule has 0 aliphatic carbocycles. The smallest absolute Gasteiger partial charge is 0.326 e. The number of aliphatic carboxylic acids is 1. The molecule has 0 bridgehead atoms. The van der Waals surface area contributed by atoms with Crippen molar-refractivity contribution in [3.8, 4) is 0 Å². The molecule has 4 nitrogen and oxygen atoms in total. The predicted molar refractivity (Wildman–Crippen MR) is 52.8 cm³/mol. The fourth-order valence-corrected chi connectivity index (χ4v) is 1.20. The standard InChI is InChI=1S/C8H13NO3S/c1-3-7(10)9-6(8(11)12)4-5-13-2/h3,6H,1,4-5H2,2H3,(H,9,10)(H,11,12)/t6-/m0/s1. The zero-order valence-corrected chi connectivity index (χ0v) is 8.26. The van der Waals surface area contributed by atoms with Crippen LogP contribution in [-0.4, -0.2) is 35.0 Å². The van der Waals surface area contributed by atoms with Gasteiger partial charge in [-0.2, -0.15) is 11.8 Å². The van der Waals surface area contributed by atoms with Gasteiger partial charge in [0.1, 0.15) is 6.04 Å². The average molecular weight is 203 g/mol. The maximum atomic E-state index is 10.8. The van der Waals surface area contributed by atoms with Gasteiger partial charge in [-0.05, 0) is 24.5 Å². The van der Waals surface area contributed by atoms with Gasteiger partial charge in [-0.3, -0.25) is 4.79 Å². The molecule has 1 atom stereocenters. The molecule has 0 fully saturated rings. The molecular weight excluding hydrogens is 190 g/mol. The summed E-state index contributed by atoms with van der Waals surface area (Å²) in [7, 11) is 0. The topological polar surface area (TPSA) is 66.4 Å². The van der Waals surface area contributed by atoms with Crippen LogP contribution in [-0.2, 0) is 9.59 Å². The average Bonchev–Trinajstić information content (AvgIpc) is 2.11. The van der Waals surface area contributed by atoms with Gasteiger partial charge in [0.25, 0.3) is 0 Å². The van der Waals surface area contributed by atoms with E-state index < -0.39 is 17.9 Å². The summed E-state index contributed by atoms with van der Waals surface area (Å²) >= 11 is 1.54. The van der Waals surface area contributed by atoms with Crippen molar-refractivity contribution in [2.24, 2.45) is 0 Å². The molecule has 0 unspecified atom stereocenters. The van der Waals surface area contributed by atoms with Crippen LogP contribution in [0, 0.1) is 0 Å². The number of carbonyl (C=O) groups excluding carboxylic acids is 1. The summed E-state index contributed by atoms with van der Waals surface area (Å²) in [5.41, 5.74) is 0. The van der Waals surface area contributed by atoms with Crippen LogP contribution in [0.3, 0.4) is 0 Å². The summed E-state index contributed by atoms with van der Waals surface area (Å²) < 4.78 is 0. The van der Waals surface area contributed by atoms with Crippen molar-refractivity contribution >= 4 is 23.6 Å². The Balaban J connectivity index is 4.01. The number of nitrogens with one attached hydrogen (secondary N) is 1. The highest BCUT2D eigenvalue weighted by Gasteiger charge is 2.17. The molecule has 5 heteroatoms. The van der Waals surface area contributed by atoms with Crippen LogP contribution in [0.15, 0.2) is 12.7 Å². The maximum Gasteiger partial charge on any atom is 0.326 e. The fraction of sp³-hybridized carbons (Fsp3) is 0.500. The number of rotatable bonds is 6. The summed E-state index contributed by atoms with van der Waals surface area (Å²) in [4.78, 5) is 21.4. The summed E-state index contributed by atoms with van der Waals surface area (Å²) in [6.45, 7) is 3.24. The largest absolute Gasteiger partial charge is 0.480 e. The van der Waals surface area contributed by atoms with Gasteiger partial charge in [0, 0.05) is 0 Å². The van der Waals surface area contributed by atoms with E-state index in [0.29, 0.717) is 12.2 Å². The van der Waals surface area contributed by atoms with E-state index in [-0.39, 0.29) is 0 Å². The van der Waals surface area contributed by atoms with Crippen molar-refractivity contribution in [2.45, 2.75) is 12.5 Å². The van der Waals surface area contributed by atoms with Crippen molar-refractivity contribution in [1.29, 1.82) is 0 Å². The Labute approximate surface area is 81.4 Å². The minimum atomic E-state index is -1.01. The van der Waals surface area contributed by atoms with Crippen molar-refractivity contribution in [2.75, 3.05) is 12.0 Å². The number of amides is 1. The number of thioether (sulfide) groups is 1. The molecule has 0 aromatic rings. The quantitative estimate of drug-likeness (QED) is 0.617. The molecule has 13 heavy (non-hydrogen) atoms. The van der Waals surface area contributed by atoms with Gasteiger partial charge >= 0.3 is 5.97 Å². The minimum absolute atomic E-state index is 0.427. The lowest BCUT2D eigenvalue weighted by atomic mass is 10.2. The lowest BCUT2D eigenvalue weighted by Crippen LogP contribution is -2.40. The van der Waals surface area contributed by atoms with E-state index in [0.717, 1.165) is 6.08 Å². The van der Waals surface area contributed by atoms with Gasteiger partial charge in [-0.15, -0.1) is 0 Å². The first-order valence-corrected chi connectivity index (χ1v) is 5.16. The fourth-order valence-electron chi connectivity index (χ4n) is 0.724. The summed E-state index contributed by atoms with van der Waals surface area (Å²) in [6.07, 6.45) is 3.37. The van der Waals surface area contributed by atoms with Crippen LogP contribution in [0.25, 0.3) is 0 Å². The van der Waals surface area contributed by atoms with Crippen LogP contribution in [0.1, 0.15) is 6.42 Å². The molecule has 0 aliphatic heterocycles. The van der Waals surface area contributed by atoms with Gasteiger partial charge in [0.2, 0.25) is 5.91 Å². The number of hydrogen-bond acceptors (Lipinski definition) is 3. The first-order chi connectivity index (χ1) is 6.11. The Morgan fingerprint density at radius 2 is 2.31 bits per heavy atom. The Hall–Kier alpha value is -0.970. The molecule has 0 aromatic carbocycles. The van der Waals surface area contributed by atoms with Crippen molar-refractivity contribution in [1.82, 2.24) is 5.32 Å². The third-order valence-corrected chi connectivity index (χ3v) is 2.05. The summed E-state index contributed by atoms with van der Waals surface area (Å²) in [5, 5.41) is 11.0. The first kappa shape index (κ1) is 12.0. The lowest BCUT2D eigenvalue weighted by Gasteiger charge is -2.11. The summed E-state index contributed by atoms with van der Waals surface area (Å²) in [6, 6.07) is -0.807. The second kappa shape index (κ2) is 6.54. The normalized spacial score (nSPS) is 11.8. The molecular formula is C8H13NO3S. The highest BCUT2D eigenvalue weighted by molar-refractivity contribution is 7.98. The second-order valence-electron chi connectivity index (χ2n) is 2.39. The Bertz CT molecular complexity index is 206. The van der Waals surface area contributed by atoms with Crippen molar-refractivity contribution in [3.05, 3.63) is 12.7 Å². The van der Waals surface area contributed by atoms with Gasteiger partial charge in [0.05, 0.1) is 0 Å². The SMILES string of the molecule is C=CC(=O)N[C@@H](CCSC)C(=O)O. The molecule has 0 aromatic heterocycles. The van der Waals surface area contributed by atoms with Crippen LogP contribution >= 0.6 is 11.8 Å². The molecule has 0 spiro atoms. The molecule has 74 valence electrons. The Morgan fingerprint density at radius 3 is 2.69 bits per heavy atom. The molecule has 0 saturated carbocycles. The lowest BCUT2D eigenvalue weighted by molar-refractivity contribution is -0.141. The van der Waals surface area contributed by atoms with E-state index in [9.17, 15) is 9.59 Å². The van der Waals surface area contributed by atoms with Crippen LogP contribution < -0.4 is 5.32 Å². The van der Waals surface area contributed by atoms with E-state index in [1.807, 2.05) is 6.26 Å². The Kier molecular flexibility index (Phi) is 6.05. The molecule has 0 saturated heterocycles. The molecule has 0 radical (unpaired) electrons. The number of carbonyl (C=O) groups is 2. The zero-order valence-electron chi connectivity index (χ0n) is 7.45. The number of hydrogen-bond donors (Lipinski definition) is 2.